The lowest BCUT2D eigenvalue weighted by molar-refractivity contribution is -0.141. The van der Waals surface area contributed by atoms with Crippen molar-refractivity contribution in [3.63, 3.8) is 0 Å². The van der Waals surface area contributed by atoms with E-state index in [4.69, 9.17) is 0 Å². The summed E-state index contributed by atoms with van der Waals surface area (Å²) in [7, 11) is 0. The van der Waals surface area contributed by atoms with Crippen molar-refractivity contribution in [1.29, 1.82) is 0 Å². The molecule has 0 bridgehead atoms. The maximum atomic E-state index is 12.8. The lowest BCUT2D eigenvalue weighted by Crippen LogP contribution is -2.46. The Morgan fingerprint density at radius 1 is 1.00 bits per heavy atom. The third-order valence-electron chi connectivity index (χ3n) is 6.10. The molecule has 0 aromatic heterocycles. The molecule has 0 saturated carbocycles. The van der Waals surface area contributed by atoms with Crippen LogP contribution in [0.2, 0.25) is 0 Å². The summed E-state index contributed by atoms with van der Waals surface area (Å²) in [6.45, 7) is 9.64. The van der Waals surface area contributed by atoms with Crippen LogP contribution < -0.4 is 0 Å². The van der Waals surface area contributed by atoms with Gasteiger partial charge in [-0.3, -0.25) is 9.59 Å². The standard InChI is InChI=1S/C22H31BrN2O2S/c1-15-4-8-25(9-5-15)22(27)18-6-10-24(11-7-18)21(26)14-28-20-13-16(2)19(23)12-17(20)3/h12-13,15,18H,4-11,14H2,1-3H3. The predicted octanol–water partition coefficient (Wildman–Crippen LogP) is 4.66. The molecule has 6 heteroatoms. The van der Waals surface area contributed by atoms with Gasteiger partial charge < -0.3 is 9.80 Å². The van der Waals surface area contributed by atoms with Crippen LogP contribution in [-0.4, -0.2) is 53.5 Å². The van der Waals surface area contributed by atoms with Gasteiger partial charge in [0, 0.05) is 41.5 Å². The molecule has 1 aromatic carbocycles. The molecule has 2 fully saturated rings. The van der Waals surface area contributed by atoms with E-state index in [9.17, 15) is 9.59 Å². The Balaban J connectivity index is 1.46. The lowest BCUT2D eigenvalue weighted by atomic mass is 9.92. The van der Waals surface area contributed by atoms with E-state index in [0.717, 1.165) is 49.2 Å². The van der Waals surface area contributed by atoms with E-state index >= 15 is 0 Å². The SMILES string of the molecule is Cc1cc(SCC(=O)N2CCC(C(=O)N3CCC(C)CC3)CC2)c(C)cc1Br. The number of amides is 2. The second-order valence-corrected chi connectivity index (χ2v) is 10.2. The number of hydrogen-bond acceptors (Lipinski definition) is 3. The van der Waals surface area contributed by atoms with E-state index in [1.54, 1.807) is 11.8 Å². The highest BCUT2D eigenvalue weighted by molar-refractivity contribution is 9.10. The van der Waals surface area contributed by atoms with Crippen LogP contribution in [0.4, 0.5) is 0 Å². The predicted molar refractivity (Wildman–Crippen MR) is 119 cm³/mol. The third-order valence-corrected chi connectivity index (χ3v) is 8.10. The molecule has 28 heavy (non-hydrogen) atoms. The van der Waals surface area contributed by atoms with Crippen LogP contribution in [0.15, 0.2) is 21.5 Å². The van der Waals surface area contributed by atoms with E-state index < -0.39 is 0 Å². The quantitative estimate of drug-likeness (QED) is 0.605. The average Bonchev–Trinajstić information content (AvgIpc) is 2.69. The van der Waals surface area contributed by atoms with Crippen molar-refractivity contribution in [3.8, 4) is 0 Å². The van der Waals surface area contributed by atoms with Gasteiger partial charge in [-0.25, -0.2) is 0 Å². The summed E-state index contributed by atoms with van der Waals surface area (Å²) in [5.74, 6) is 1.79. The molecule has 154 valence electrons. The van der Waals surface area contributed by atoms with Crippen molar-refractivity contribution in [3.05, 3.63) is 27.7 Å². The number of aryl methyl sites for hydroxylation is 2. The van der Waals surface area contributed by atoms with Gasteiger partial charge in [-0.1, -0.05) is 22.9 Å². The fraction of sp³-hybridized carbons (Fsp3) is 0.636. The van der Waals surface area contributed by atoms with Crippen LogP contribution in [0.25, 0.3) is 0 Å². The van der Waals surface area contributed by atoms with Crippen LogP contribution in [0.3, 0.4) is 0 Å². The average molecular weight is 467 g/mol. The van der Waals surface area contributed by atoms with Crippen LogP contribution in [0, 0.1) is 25.7 Å². The highest BCUT2D eigenvalue weighted by Crippen LogP contribution is 2.29. The molecule has 1 aromatic rings. The highest BCUT2D eigenvalue weighted by Gasteiger charge is 2.31. The number of thioether (sulfide) groups is 1. The number of piperidine rings is 2. The van der Waals surface area contributed by atoms with Gasteiger partial charge in [-0.2, -0.15) is 0 Å². The fourth-order valence-electron chi connectivity index (χ4n) is 4.00. The maximum absolute atomic E-state index is 12.8. The van der Waals surface area contributed by atoms with Crippen molar-refractivity contribution in [1.82, 2.24) is 9.80 Å². The molecule has 2 heterocycles. The summed E-state index contributed by atoms with van der Waals surface area (Å²) < 4.78 is 1.11. The summed E-state index contributed by atoms with van der Waals surface area (Å²) in [6.07, 6.45) is 3.85. The summed E-state index contributed by atoms with van der Waals surface area (Å²) in [5.41, 5.74) is 2.38. The van der Waals surface area contributed by atoms with Crippen molar-refractivity contribution in [2.24, 2.45) is 11.8 Å². The fourth-order valence-corrected chi connectivity index (χ4v) is 5.47. The van der Waals surface area contributed by atoms with Crippen LogP contribution >= 0.6 is 27.7 Å². The highest BCUT2D eigenvalue weighted by atomic mass is 79.9. The molecule has 2 aliphatic heterocycles. The molecule has 0 atom stereocenters. The van der Waals surface area contributed by atoms with Gasteiger partial charge in [-0.15, -0.1) is 11.8 Å². The first kappa shape index (κ1) is 21.7. The molecule has 4 nitrogen and oxygen atoms in total. The molecule has 0 N–H and O–H groups in total. The second-order valence-electron chi connectivity index (χ2n) is 8.32. The minimum absolute atomic E-state index is 0.0986. The Kier molecular flexibility index (Phi) is 7.48. The molecule has 0 radical (unpaired) electrons. The molecule has 2 aliphatic rings. The smallest absolute Gasteiger partial charge is 0.232 e. The Labute approximate surface area is 181 Å². The number of nitrogens with zero attached hydrogens (tertiary/aromatic N) is 2. The van der Waals surface area contributed by atoms with Crippen molar-refractivity contribution >= 4 is 39.5 Å². The topological polar surface area (TPSA) is 40.6 Å². The van der Waals surface area contributed by atoms with Crippen molar-refractivity contribution in [2.75, 3.05) is 31.9 Å². The van der Waals surface area contributed by atoms with Crippen molar-refractivity contribution in [2.45, 2.75) is 51.3 Å². The number of benzene rings is 1. The van der Waals surface area contributed by atoms with Gasteiger partial charge in [0.25, 0.3) is 0 Å². The zero-order valence-corrected chi connectivity index (χ0v) is 19.6. The molecule has 0 spiro atoms. The Hall–Kier alpha value is -1.01. The first-order chi connectivity index (χ1) is 13.3. The van der Waals surface area contributed by atoms with Gasteiger partial charge in [0.2, 0.25) is 11.8 Å². The zero-order valence-electron chi connectivity index (χ0n) is 17.2. The number of halogens is 1. The molecule has 2 saturated heterocycles. The summed E-state index contributed by atoms with van der Waals surface area (Å²) in [6, 6.07) is 4.25. The molecule has 0 unspecified atom stereocenters. The van der Waals surface area contributed by atoms with Gasteiger partial charge in [0.15, 0.2) is 0 Å². The van der Waals surface area contributed by atoms with E-state index in [2.05, 4.69) is 53.7 Å². The monoisotopic (exact) mass is 466 g/mol. The van der Waals surface area contributed by atoms with E-state index in [1.807, 2.05) is 4.90 Å². The first-order valence-electron chi connectivity index (χ1n) is 10.3. The third kappa shape index (κ3) is 5.32. The largest absolute Gasteiger partial charge is 0.342 e. The van der Waals surface area contributed by atoms with E-state index in [1.165, 1.54) is 16.0 Å². The molecule has 3 rings (SSSR count). The van der Waals surface area contributed by atoms with Gasteiger partial charge in [0.05, 0.1) is 5.75 Å². The Bertz CT molecular complexity index is 723. The van der Waals surface area contributed by atoms with Crippen molar-refractivity contribution < 1.29 is 9.59 Å². The number of hydrogen-bond donors (Lipinski definition) is 0. The number of likely N-dealkylation sites (tertiary alicyclic amines) is 2. The molecule has 0 aliphatic carbocycles. The molecule has 2 amide bonds. The lowest BCUT2D eigenvalue weighted by Gasteiger charge is -2.36. The maximum Gasteiger partial charge on any atom is 0.232 e. The minimum atomic E-state index is 0.0986. The van der Waals surface area contributed by atoms with E-state index in [-0.39, 0.29) is 11.8 Å². The number of carbonyl (C=O) groups is 2. The summed E-state index contributed by atoms with van der Waals surface area (Å²) in [5, 5.41) is 0. The van der Waals surface area contributed by atoms with Gasteiger partial charge in [-0.05, 0) is 68.7 Å². The second kappa shape index (κ2) is 9.66. The Morgan fingerprint density at radius 3 is 2.25 bits per heavy atom. The molecular weight excluding hydrogens is 436 g/mol. The normalized spacial score (nSPS) is 19.1. The number of carbonyl (C=O) groups excluding carboxylic acids is 2. The van der Waals surface area contributed by atoms with Gasteiger partial charge in [0.1, 0.15) is 0 Å². The van der Waals surface area contributed by atoms with E-state index in [0.29, 0.717) is 24.7 Å². The summed E-state index contributed by atoms with van der Waals surface area (Å²) in [4.78, 5) is 30.6. The summed E-state index contributed by atoms with van der Waals surface area (Å²) >= 11 is 5.17. The van der Waals surface area contributed by atoms with Gasteiger partial charge >= 0.3 is 0 Å². The Morgan fingerprint density at radius 2 is 1.61 bits per heavy atom. The van der Waals surface area contributed by atoms with Crippen LogP contribution in [0.5, 0.6) is 0 Å². The van der Waals surface area contributed by atoms with Crippen LogP contribution in [0.1, 0.15) is 43.7 Å². The van der Waals surface area contributed by atoms with Crippen LogP contribution in [-0.2, 0) is 9.59 Å². The first-order valence-corrected chi connectivity index (χ1v) is 12.1. The minimum Gasteiger partial charge on any atom is -0.342 e. The number of rotatable bonds is 4. The molecular formula is C22H31BrN2O2S. The zero-order chi connectivity index (χ0) is 20.3.